The van der Waals surface area contributed by atoms with Crippen LogP contribution in [0.15, 0.2) is 102 Å². The highest BCUT2D eigenvalue weighted by Gasteiger charge is 2.46. The van der Waals surface area contributed by atoms with Crippen LogP contribution in [0.5, 0.6) is 0 Å². The molecule has 5 aromatic rings. The van der Waals surface area contributed by atoms with Gasteiger partial charge in [-0.1, -0.05) is 48.5 Å². The molecule has 1 aliphatic rings. The van der Waals surface area contributed by atoms with Crippen LogP contribution in [0.1, 0.15) is 17.5 Å². The van der Waals surface area contributed by atoms with E-state index >= 15 is 0 Å². The molecule has 8 nitrogen and oxygen atoms in total. The zero-order valence-electron chi connectivity index (χ0n) is 21.3. The van der Waals surface area contributed by atoms with E-state index in [1.165, 1.54) is 34.6 Å². The number of benzene rings is 4. The number of carbonyl (C=O) groups excluding carboxylic acids is 2. The molecule has 1 saturated heterocycles. The van der Waals surface area contributed by atoms with Gasteiger partial charge in [-0.05, 0) is 65.2 Å². The number of amides is 2. The second-order valence-corrected chi connectivity index (χ2v) is 11.6. The maximum atomic E-state index is 14.2. The number of nitrogens with one attached hydrogen (secondary N) is 1. The Balaban J connectivity index is 1.38. The van der Waals surface area contributed by atoms with Crippen molar-refractivity contribution in [2.75, 3.05) is 11.4 Å². The van der Waals surface area contributed by atoms with Crippen molar-refractivity contribution in [2.45, 2.75) is 23.8 Å². The Morgan fingerprint density at radius 3 is 2.42 bits per heavy atom. The van der Waals surface area contributed by atoms with Gasteiger partial charge in [0.25, 0.3) is 5.91 Å². The van der Waals surface area contributed by atoms with Gasteiger partial charge in [0.2, 0.25) is 15.9 Å². The predicted octanol–water partition coefficient (Wildman–Crippen LogP) is 4.76. The lowest BCUT2D eigenvalue weighted by atomic mass is 10.1. The monoisotopic (exact) mass is 548 g/mol. The number of para-hydroxylation sites is 1. The number of rotatable bonds is 7. The van der Waals surface area contributed by atoms with Crippen molar-refractivity contribution < 1.29 is 18.0 Å². The van der Waals surface area contributed by atoms with Crippen LogP contribution in [-0.2, 0) is 26.0 Å². The summed E-state index contributed by atoms with van der Waals surface area (Å²) in [6.45, 7) is 0.00189. The third kappa shape index (κ3) is 4.43. The van der Waals surface area contributed by atoms with Gasteiger partial charge in [0.1, 0.15) is 6.04 Å². The Bertz CT molecular complexity index is 1920. The first-order chi connectivity index (χ1) is 19.4. The van der Waals surface area contributed by atoms with E-state index in [9.17, 15) is 18.0 Å². The van der Waals surface area contributed by atoms with Crippen LogP contribution in [0.25, 0.3) is 21.7 Å². The number of aromatic nitrogens is 1. The van der Waals surface area contributed by atoms with Crippen LogP contribution in [-0.4, -0.2) is 42.1 Å². The molecular formula is C31H24N4O4S. The molecule has 198 valence electrons. The summed E-state index contributed by atoms with van der Waals surface area (Å²) in [5, 5.41) is 11.7. The van der Waals surface area contributed by atoms with Crippen molar-refractivity contribution in [2.24, 2.45) is 0 Å². The Labute approximate surface area is 231 Å². The molecule has 0 saturated carbocycles. The van der Waals surface area contributed by atoms with Crippen LogP contribution in [0.3, 0.4) is 0 Å². The molecule has 0 radical (unpaired) electrons. The van der Waals surface area contributed by atoms with Gasteiger partial charge < -0.3 is 4.98 Å². The van der Waals surface area contributed by atoms with E-state index in [2.05, 4.69) is 4.98 Å². The van der Waals surface area contributed by atoms with E-state index in [-0.39, 0.29) is 17.9 Å². The lowest BCUT2D eigenvalue weighted by molar-refractivity contribution is -0.122. The number of hydrogen-bond donors (Lipinski definition) is 1. The number of anilines is 1. The maximum absolute atomic E-state index is 14.2. The minimum atomic E-state index is -4.17. The summed E-state index contributed by atoms with van der Waals surface area (Å²) in [7, 11) is -4.17. The maximum Gasteiger partial charge on any atom is 0.252 e. The van der Waals surface area contributed by atoms with Crippen molar-refractivity contribution in [3.8, 4) is 6.07 Å². The molecule has 1 atom stereocenters. The molecule has 1 fully saturated rings. The number of H-pyrrole nitrogens is 1. The van der Waals surface area contributed by atoms with E-state index in [0.717, 1.165) is 32.1 Å². The van der Waals surface area contributed by atoms with Crippen LogP contribution >= 0.6 is 0 Å². The van der Waals surface area contributed by atoms with Gasteiger partial charge in [0.15, 0.2) is 0 Å². The van der Waals surface area contributed by atoms with Gasteiger partial charge in [-0.25, -0.2) is 13.3 Å². The highest BCUT2D eigenvalue weighted by molar-refractivity contribution is 7.89. The molecule has 9 heteroatoms. The van der Waals surface area contributed by atoms with Crippen molar-refractivity contribution in [1.29, 1.82) is 5.26 Å². The summed E-state index contributed by atoms with van der Waals surface area (Å²) in [5.41, 5.74) is 2.53. The normalized spacial score (nSPS) is 15.8. The molecule has 0 aliphatic carbocycles. The van der Waals surface area contributed by atoms with Crippen LogP contribution in [0, 0.1) is 11.3 Å². The van der Waals surface area contributed by atoms with Crippen LogP contribution in [0.4, 0.5) is 5.69 Å². The van der Waals surface area contributed by atoms with Crippen LogP contribution in [0.2, 0.25) is 0 Å². The minimum absolute atomic E-state index is 0.00189. The molecule has 0 spiro atoms. The summed E-state index contributed by atoms with van der Waals surface area (Å²) in [6, 6.07) is 26.9. The highest BCUT2D eigenvalue weighted by atomic mass is 32.2. The molecule has 6 rings (SSSR count). The van der Waals surface area contributed by atoms with Crippen molar-refractivity contribution >= 4 is 49.2 Å². The molecule has 4 aromatic carbocycles. The van der Waals surface area contributed by atoms with Crippen molar-refractivity contribution in [3.63, 3.8) is 0 Å². The average Bonchev–Trinajstić information content (AvgIpc) is 3.52. The predicted molar refractivity (Wildman–Crippen MR) is 152 cm³/mol. The minimum Gasteiger partial charge on any atom is -0.361 e. The number of hydrogen-bond acceptors (Lipinski definition) is 5. The Morgan fingerprint density at radius 2 is 1.65 bits per heavy atom. The van der Waals surface area contributed by atoms with Gasteiger partial charge in [0, 0.05) is 23.6 Å². The number of imide groups is 1. The zero-order valence-corrected chi connectivity index (χ0v) is 22.1. The topological polar surface area (TPSA) is 114 Å². The lowest BCUT2D eigenvalue weighted by Crippen LogP contribution is -2.46. The van der Waals surface area contributed by atoms with Gasteiger partial charge >= 0.3 is 0 Å². The molecule has 2 heterocycles. The highest BCUT2D eigenvalue weighted by Crippen LogP contribution is 2.31. The smallest absolute Gasteiger partial charge is 0.252 e. The van der Waals surface area contributed by atoms with Gasteiger partial charge in [-0.2, -0.15) is 9.57 Å². The fourth-order valence-electron chi connectivity index (χ4n) is 5.27. The van der Waals surface area contributed by atoms with Crippen molar-refractivity contribution in [1.82, 2.24) is 9.29 Å². The zero-order chi connectivity index (χ0) is 27.9. The van der Waals surface area contributed by atoms with E-state index in [0.29, 0.717) is 17.7 Å². The second-order valence-electron chi connectivity index (χ2n) is 9.68. The average molecular weight is 549 g/mol. The summed E-state index contributed by atoms with van der Waals surface area (Å²) in [6.07, 6.45) is 1.90. The standard InChI is InChI=1S/C31H24N4O4S/c32-19-21-9-12-25(13-10-21)35-30(36)18-29(31(35)37)34(16-15-24-20-33-28-8-4-3-7-27(24)28)40(38,39)26-14-11-22-5-1-2-6-23(22)17-26/h1-14,17,20,29,33H,15-16,18H2. The summed E-state index contributed by atoms with van der Waals surface area (Å²) < 4.78 is 29.5. The van der Waals surface area contributed by atoms with E-state index < -0.39 is 27.9 Å². The fourth-order valence-corrected chi connectivity index (χ4v) is 6.89. The quantitative estimate of drug-likeness (QED) is 0.295. The lowest BCUT2D eigenvalue weighted by Gasteiger charge is -2.27. The largest absolute Gasteiger partial charge is 0.361 e. The first-order valence-electron chi connectivity index (χ1n) is 12.8. The van der Waals surface area contributed by atoms with E-state index in [4.69, 9.17) is 5.26 Å². The number of aromatic amines is 1. The Morgan fingerprint density at radius 1 is 0.925 bits per heavy atom. The molecule has 1 aromatic heterocycles. The second kappa shape index (κ2) is 10.1. The van der Waals surface area contributed by atoms with E-state index in [1.54, 1.807) is 12.1 Å². The number of nitrogens with zero attached hydrogens (tertiary/aromatic N) is 3. The molecule has 1 unspecified atom stereocenters. The van der Waals surface area contributed by atoms with Gasteiger partial charge in [0.05, 0.1) is 28.6 Å². The molecular weight excluding hydrogens is 524 g/mol. The molecule has 0 bridgehead atoms. The molecule has 1 aliphatic heterocycles. The summed E-state index contributed by atoms with van der Waals surface area (Å²) in [4.78, 5) is 31.1. The first kappa shape index (κ1) is 25.5. The van der Waals surface area contributed by atoms with Gasteiger partial charge in [-0.3, -0.25) is 9.59 Å². The third-order valence-electron chi connectivity index (χ3n) is 7.33. The Kier molecular flexibility index (Phi) is 6.42. The number of fused-ring (bicyclic) bond motifs is 2. The summed E-state index contributed by atoms with van der Waals surface area (Å²) >= 11 is 0. The third-order valence-corrected chi connectivity index (χ3v) is 9.23. The number of sulfonamides is 1. The van der Waals surface area contributed by atoms with Crippen LogP contribution < -0.4 is 4.90 Å². The van der Waals surface area contributed by atoms with Gasteiger partial charge in [-0.15, -0.1) is 0 Å². The molecule has 1 N–H and O–H groups in total. The fraction of sp³-hybridized carbons (Fsp3) is 0.129. The number of nitriles is 1. The van der Waals surface area contributed by atoms with E-state index in [1.807, 2.05) is 60.8 Å². The Hall–Kier alpha value is -4.78. The molecule has 40 heavy (non-hydrogen) atoms. The molecule has 2 amide bonds. The SMILES string of the molecule is N#Cc1ccc(N2C(=O)CC(N(CCc3c[nH]c4ccccc34)S(=O)(=O)c3ccc4ccccc4c3)C2=O)cc1. The van der Waals surface area contributed by atoms with Crippen molar-refractivity contribution in [3.05, 3.63) is 108 Å². The first-order valence-corrected chi connectivity index (χ1v) is 14.2. The number of carbonyl (C=O) groups is 2. The summed E-state index contributed by atoms with van der Waals surface area (Å²) in [5.74, 6) is -1.11.